The lowest BCUT2D eigenvalue weighted by Gasteiger charge is -2.38. The summed E-state index contributed by atoms with van der Waals surface area (Å²) >= 11 is 5.54. The van der Waals surface area contributed by atoms with E-state index in [0.717, 1.165) is 25.3 Å². The third-order valence-electron chi connectivity index (χ3n) is 3.13. The highest BCUT2D eigenvalue weighted by atomic mass is 35.5. The number of hydrogen-bond acceptors (Lipinski definition) is 2. The number of rotatable bonds is 3. The molecule has 0 atom stereocenters. The van der Waals surface area contributed by atoms with Crippen LogP contribution >= 0.6 is 24.0 Å². The summed E-state index contributed by atoms with van der Waals surface area (Å²) in [5, 5.41) is 2.72. The molecule has 0 aliphatic heterocycles. The van der Waals surface area contributed by atoms with E-state index in [-0.39, 0.29) is 34.4 Å². The molecule has 1 fully saturated rings. The van der Waals surface area contributed by atoms with Crippen LogP contribution in [0.3, 0.4) is 0 Å². The maximum atomic E-state index is 13.2. The van der Waals surface area contributed by atoms with Crippen LogP contribution in [-0.4, -0.2) is 18.0 Å². The zero-order chi connectivity index (χ0) is 12.5. The molecule has 1 aliphatic rings. The number of amides is 1. The lowest BCUT2D eigenvalue weighted by Crippen LogP contribution is -2.54. The van der Waals surface area contributed by atoms with Gasteiger partial charge in [0.25, 0.3) is 5.91 Å². The Bertz CT molecular complexity index is 450. The van der Waals surface area contributed by atoms with Gasteiger partial charge in [0, 0.05) is 17.6 Å². The van der Waals surface area contributed by atoms with Crippen LogP contribution in [-0.2, 0) is 0 Å². The van der Waals surface area contributed by atoms with Crippen LogP contribution in [0.4, 0.5) is 4.39 Å². The third-order valence-corrected chi connectivity index (χ3v) is 3.44. The molecule has 0 unspecified atom stereocenters. The van der Waals surface area contributed by atoms with E-state index in [2.05, 4.69) is 5.32 Å². The zero-order valence-corrected chi connectivity index (χ0v) is 11.3. The monoisotopic (exact) mass is 292 g/mol. The summed E-state index contributed by atoms with van der Waals surface area (Å²) in [6.07, 6.45) is 2.94. The van der Waals surface area contributed by atoms with Crippen molar-refractivity contribution in [3.05, 3.63) is 34.6 Å². The lowest BCUT2D eigenvalue weighted by molar-refractivity contribution is 0.0929. The van der Waals surface area contributed by atoms with Crippen molar-refractivity contribution in [1.29, 1.82) is 0 Å². The van der Waals surface area contributed by atoms with E-state index in [1.165, 1.54) is 12.1 Å². The van der Waals surface area contributed by atoms with Crippen molar-refractivity contribution >= 4 is 29.9 Å². The molecule has 2 rings (SSSR count). The number of halogens is 3. The first-order valence-electron chi connectivity index (χ1n) is 5.52. The minimum Gasteiger partial charge on any atom is -0.350 e. The highest BCUT2D eigenvalue weighted by Crippen LogP contribution is 2.28. The molecule has 1 aromatic carbocycles. The Morgan fingerprint density at radius 2 is 2.17 bits per heavy atom. The number of carbonyl (C=O) groups excluding carboxylic acids is 1. The summed E-state index contributed by atoms with van der Waals surface area (Å²) in [5.74, 6) is -0.914. The first-order chi connectivity index (χ1) is 8.00. The summed E-state index contributed by atoms with van der Waals surface area (Å²) in [6.45, 7) is 0.427. The number of hydrogen-bond donors (Lipinski definition) is 2. The Labute approximate surface area is 116 Å². The predicted octanol–water partition coefficient (Wildman–Crippen LogP) is 2.51. The van der Waals surface area contributed by atoms with Gasteiger partial charge in [0.05, 0.1) is 5.02 Å². The zero-order valence-electron chi connectivity index (χ0n) is 9.71. The van der Waals surface area contributed by atoms with E-state index < -0.39 is 5.82 Å². The predicted molar refractivity (Wildman–Crippen MR) is 71.8 cm³/mol. The van der Waals surface area contributed by atoms with Crippen molar-refractivity contribution in [1.82, 2.24) is 5.32 Å². The number of carbonyl (C=O) groups is 1. The minimum atomic E-state index is -0.592. The minimum absolute atomic E-state index is 0. The van der Waals surface area contributed by atoms with Crippen LogP contribution in [0.15, 0.2) is 18.2 Å². The van der Waals surface area contributed by atoms with Gasteiger partial charge in [0.15, 0.2) is 0 Å². The van der Waals surface area contributed by atoms with Crippen LogP contribution in [0.2, 0.25) is 5.02 Å². The Balaban J connectivity index is 0.00000162. The van der Waals surface area contributed by atoms with Gasteiger partial charge < -0.3 is 11.1 Å². The Kier molecular flexibility index (Phi) is 4.96. The third kappa shape index (κ3) is 3.34. The molecule has 1 amide bonds. The molecule has 0 bridgehead atoms. The van der Waals surface area contributed by atoms with Crippen molar-refractivity contribution < 1.29 is 9.18 Å². The molecule has 3 N–H and O–H groups in total. The quantitative estimate of drug-likeness (QED) is 0.899. The summed E-state index contributed by atoms with van der Waals surface area (Å²) in [4.78, 5) is 11.7. The van der Waals surface area contributed by atoms with E-state index in [9.17, 15) is 9.18 Å². The van der Waals surface area contributed by atoms with Crippen molar-refractivity contribution in [2.45, 2.75) is 24.8 Å². The number of nitrogens with one attached hydrogen (secondary N) is 1. The fourth-order valence-corrected chi connectivity index (χ4v) is 1.92. The molecule has 3 nitrogen and oxygen atoms in total. The summed E-state index contributed by atoms with van der Waals surface area (Å²) in [6, 6.07) is 3.99. The smallest absolute Gasteiger partial charge is 0.251 e. The maximum Gasteiger partial charge on any atom is 0.251 e. The van der Waals surface area contributed by atoms with Crippen molar-refractivity contribution in [3.8, 4) is 0 Å². The fourth-order valence-electron chi connectivity index (χ4n) is 1.80. The van der Waals surface area contributed by atoms with Crippen molar-refractivity contribution in [3.63, 3.8) is 0 Å². The molecule has 1 saturated carbocycles. The molecule has 0 saturated heterocycles. The lowest BCUT2D eigenvalue weighted by atomic mass is 9.78. The van der Waals surface area contributed by atoms with Crippen LogP contribution < -0.4 is 11.1 Å². The van der Waals surface area contributed by atoms with Gasteiger partial charge >= 0.3 is 0 Å². The Morgan fingerprint density at radius 3 is 2.67 bits per heavy atom. The molecule has 0 spiro atoms. The van der Waals surface area contributed by atoms with E-state index in [1.807, 2.05) is 0 Å². The van der Waals surface area contributed by atoms with Gasteiger partial charge in [-0.3, -0.25) is 4.79 Å². The van der Waals surface area contributed by atoms with Crippen LogP contribution in [0.25, 0.3) is 0 Å². The molecular formula is C12H15Cl2FN2O. The van der Waals surface area contributed by atoms with Crippen LogP contribution in [0.5, 0.6) is 0 Å². The van der Waals surface area contributed by atoms with Crippen molar-refractivity contribution in [2.24, 2.45) is 5.73 Å². The number of nitrogens with two attached hydrogens (primary N) is 1. The molecule has 100 valence electrons. The molecule has 0 aromatic heterocycles. The number of benzene rings is 1. The van der Waals surface area contributed by atoms with E-state index >= 15 is 0 Å². The Hall–Kier alpha value is -0.840. The van der Waals surface area contributed by atoms with Crippen LogP contribution in [0, 0.1) is 5.82 Å². The first-order valence-corrected chi connectivity index (χ1v) is 5.90. The van der Waals surface area contributed by atoms with Gasteiger partial charge in [0.2, 0.25) is 0 Å². The molecule has 1 aliphatic carbocycles. The molecule has 6 heteroatoms. The van der Waals surface area contributed by atoms with Gasteiger partial charge in [-0.25, -0.2) is 4.39 Å². The first kappa shape index (κ1) is 15.2. The molecule has 18 heavy (non-hydrogen) atoms. The molecule has 1 aromatic rings. The second kappa shape index (κ2) is 5.87. The van der Waals surface area contributed by atoms with Gasteiger partial charge in [-0.1, -0.05) is 11.6 Å². The van der Waals surface area contributed by atoms with Gasteiger partial charge in [0.1, 0.15) is 5.82 Å². The average molecular weight is 293 g/mol. The van der Waals surface area contributed by atoms with Gasteiger partial charge in [-0.05, 0) is 37.5 Å². The molecular weight excluding hydrogens is 278 g/mol. The standard InChI is InChI=1S/C12H14ClFN2O.ClH/c13-9-3-2-8(6-10(9)14)11(17)16-7-12(15)4-1-5-12;/h2-3,6H,1,4-5,7,15H2,(H,16,17);1H. The molecule has 0 heterocycles. The maximum absolute atomic E-state index is 13.2. The highest BCUT2D eigenvalue weighted by molar-refractivity contribution is 6.30. The van der Waals surface area contributed by atoms with Crippen LogP contribution in [0.1, 0.15) is 29.6 Å². The summed E-state index contributed by atoms with van der Waals surface area (Å²) in [7, 11) is 0. The fraction of sp³-hybridized carbons (Fsp3) is 0.417. The summed E-state index contributed by atoms with van der Waals surface area (Å²) < 4.78 is 13.2. The average Bonchev–Trinajstić information content (AvgIpc) is 2.27. The highest BCUT2D eigenvalue weighted by Gasteiger charge is 2.32. The van der Waals surface area contributed by atoms with E-state index in [4.69, 9.17) is 17.3 Å². The normalized spacial score (nSPS) is 16.4. The van der Waals surface area contributed by atoms with Gasteiger partial charge in [-0.2, -0.15) is 0 Å². The largest absolute Gasteiger partial charge is 0.350 e. The second-order valence-electron chi connectivity index (χ2n) is 4.53. The molecule has 0 radical (unpaired) electrons. The van der Waals surface area contributed by atoms with E-state index in [1.54, 1.807) is 0 Å². The second-order valence-corrected chi connectivity index (χ2v) is 4.93. The summed E-state index contributed by atoms with van der Waals surface area (Å²) in [5.41, 5.74) is 5.96. The van der Waals surface area contributed by atoms with Crippen molar-refractivity contribution in [2.75, 3.05) is 6.54 Å². The van der Waals surface area contributed by atoms with E-state index in [0.29, 0.717) is 6.54 Å². The topological polar surface area (TPSA) is 55.1 Å². The SMILES string of the molecule is Cl.NC1(CNC(=O)c2ccc(Cl)c(F)c2)CCC1. The van der Waals surface area contributed by atoms with Gasteiger partial charge in [-0.15, -0.1) is 12.4 Å². The Morgan fingerprint density at radius 1 is 1.50 bits per heavy atom.